The van der Waals surface area contributed by atoms with Crippen molar-refractivity contribution in [3.63, 3.8) is 0 Å². The number of carbonyl (C=O) groups is 2. The van der Waals surface area contributed by atoms with Gasteiger partial charge in [0.1, 0.15) is 18.1 Å². The zero-order chi connectivity index (χ0) is 22.9. The van der Waals surface area contributed by atoms with Gasteiger partial charge in [-0.1, -0.05) is 30.3 Å². The average molecular weight is 436 g/mol. The molecule has 3 aromatic carbocycles. The minimum atomic E-state index is -0.659. The summed E-state index contributed by atoms with van der Waals surface area (Å²) in [5, 5.41) is 0. The molecule has 3 aromatic rings. The van der Waals surface area contributed by atoms with Gasteiger partial charge in [-0.05, 0) is 42.0 Å². The Morgan fingerprint density at radius 1 is 0.750 bits per heavy atom. The van der Waals surface area contributed by atoms with Gasteiger partial charge >= 0.3 is 5.97 Å². The van der Waals surface area contributed by atoms with Crippen molar-refractivity contribution in [2.45, 2.75) is 6.61 Å². The summed E-state index contributed by atoms with van der Waals surface area (Å²) < 4.78 is 26.7. The molecule has 0 saturated carbocycles. The normalized spacial score (nSPS) is 10.2. The van der Waals surface area contributed by atoms with Crippen molar-refractivity contribution < 1.29 is 33.3 Å². The molecule has 166 valence electrons. The lowest BCUT2D eigenvalue weighted by atomic mass is 10.1. The predicted molar refractivity (Wildman–Crippen MR) is 118 cm³/mol. The third kappa shape index (κ3) is 5.57. The largest absolute Gasteiger partial charge is 0.497 e. The van der Waals surface area contributed by atoms with Gasteiger partial charge in [-0.25, -0.2) is 4.79 Å². The van der Waals surface area contributed by atoms with E-state index in [0.717, 1.165) is 5.56 Å². The number of Topliss-reactive ketones (excluding diaryl/α,β-unsaturated/α-hetero) is 1. The fourth-order valence-corrected chi connectivity index (χ4v) is 2.97. The summed E-state index contributed by atoms with van der Waals surface area (Å²) in [6.45, 7) is -0.0885. The highest BCUT2D eigenvalue weighted by molar-refractivity contribution is 6.01. The molecule has 3 rings (SSSR count). The van der Waals surface area contributed by atoms with Gasteiger partial charge in [-0.2, -0.15) is 0 Å². The highest BCUT2D eigenvalue weighted by atomic mass is 16.5. The number of methoxy groups -OCH3 is 3. The van der Waals surface area contributed by atoms with Crippen LogP contribution in [0.1, 0.15) is 26.3 Å². The van der Waals surface area contributed by atoms with E-state index in [-0.39, 0.29) is 11.1 Å². The Kier molecular flexibility index (Phi) is 7.70. The van der Waals surface area contributed by atoms with Gasteiger partial charge in [0.15, 0.2) is 18.1 Å². The van der Waals surface area contributed by atoms with Crippen LogP contribution in [-0.2, 0) is 11.3 Å². The summed E-state index contributed by atoms with van der Waals surface area (Å²) in [7, 11) is 4.44. The van der Waals surface area contributed by atoms with Gasteiger partial charge in [0.25, 0.3) is 0 Å². The van der Waals surface area contributed by atoms with E-state index in [1.54, 1.807) is 24.3 Å². The molecule has 0 amide bonds. The van der Waals surface area contributed by atoms with Crippen molar-refractivity contribution >= 4 is 11.8 Å². The minimum absolute atomic E-state index is 0.235. The van der Waals surface area contributed by atoms with Crippen molar-refractivity contribution in [1.29, 1.82) is 0 Å². The number of hydrogen-bond donors (Lipinski definition) is 0. The SMILES string of the molecule is COc1ccc(OC)c(C(=O)COC(=O)c2ccc(OCc3ccccc3)c(OC)c2)c1. The molecule has 0 heterocycles. The maximum absolute atomic E-state index is 12.6. The Hall–Kier alpha value is -4.00. The first-order valence-electron chi connectivity index (χ1n) is 9.82. The Bertz CT molecular complexity index is 1080. The van der Waals surface area contributed by atoms with Gasteiger partial charge in [0, 0.05) is 0 Å². The summed E-state index contributed by atoms with van der Waals surface area (Å²) in [6, 6.07) is 19.2. The molecule has 0 unspecified atom stereocenters. The molecule has 0 spiro atoms. The predicted octanol–water partition coefficient (Wildman–Crippen LogP) is 4.33. The second-order valence-corrected chi connectivity index (χ2v) is 6.71. The molecule has 0 aromatic heterocycles. The lowest BCUT2D eigenvalue weighted by Gasteiger charge is -2.13. The van der Waals surface area contributed by atoms with Gasteiger partial charge in [0.2, 0.25) is 5.78 Å². The Morgan fingerprint density at radius 2 is 1.47 bits per heavy atom. The number of rotatable bonds is 10. The van der Waals surface area contributed by atoms with Crippen molar-refractivity contribution in [2.75, 3.05) is 27.9 Å². The lowest BCUT2D eigenvalue weighted by molar-refractivity contribution is 0.0473. The Labute approximate surface area is 186 Å². The Balaban J connectivity index is 1.65. The number of ether oxygens (including phenoxy) is 5. The third-order valence-electron chi connectivity index (χ3n) is 4.68. The molecular weight excluding hydrogens is 412 g/mol. The third-order valence-corrected chi connectivity index (χ3v) is 4.68. The van der Waals surface area contributed by atoms with Crippen LogP contribution in [0.3, 0.4) is 0 Å². The monoisotopic (exact) mass is 436 g/mol. The second-order valence-electron chi connectivity index (χ2n) is 6.71. The van der Waals surface area contributed by atoms with E-state index in [1.807, 2.05) is 30.3 Å². The molecule has 0 aliphatic rings. The van der Waals surface area contributed by atoms with E-state index in [0.29, 0.717) is 29.6 Å². The minimum Gasteiger partial charge on any atom is -0.497 e. The number of benzene rings is 3. The van der Waals surface area contributed by atoms with E-state index < -0.39 is 18.4 Å². The molecule has 0 atom stereocenters. The number of ketones is 1. The second kappa shape index (κ2) is 10.9. The molecule has 0 fully saturated rings. The first kappa shape index (κ1) is 22.7. The van der Waals surface area contributed by atoms with Crippen molar-refractivity contribution in [3.05, 3.63) is 83.4 Å². The van der Waals surface area contributed by atoms with Crippen LogP contribution in [0.15, 0.2) is 66.7 Å². The molecular formula is C25H24O7. The van der Waals surface area contributed by atoms with Gasteiger partial charge < -0.3 is 23.7 Å². The van der Waals surface area contributed by atoms with Crippen LogP contribution in [-0.4, -0.2) is 39.7 Å². The van der Waals surface area contributed by atoms with Crippen LogP contribution in [0.5, 0.6) is 23.0 Å². The van der Waals surface area contributed by atoms with Crippen molar-refractivity contribution in [1.82, 2.24) is 0 Å². The van der Waals surface area contributed by atoms with Crippen molar-refractivity contribution in [3.8, 4) is 23.0 Å². The fourth-order valence-electron chi connectivity index (χ4n) is 2.97. The van der Waals surface area contributed by atoms with E-state index in [2.05, 4.69) is 0 Å². The molecule has 0 aliphatic heterocycles. The van der Waals surface area contributed by atoms with Gasteiger partial charge in [-0.3, -0.25) is 4.79 Å². The van der Waals surface area contributed by atoms with Gasteiger partial charge in [-0.15, -0.1) is 0 Å². The summed E-state index contributed by atoms with van der Waals surface area (Å²) in [5.74, 6) is 0.669. The molecule has 32 heavy (non-hydrogen) atoms. The van der Waals surface area contributed by atoms with Crippen LogP contribution in [0, 0.1) is 0 Å². The molecule has 0 saturated heterocycles. The van der Waals surface area contributed by atoms with E-state index >= 15 is 0 Å². The molecule has 0 aliphatic carbocycles. The summed E-state index contributed by atoms with van der Waals surface area (Å²) >= 11 is 0. The smallest absolute Gasteiger partial charge is 0.338 e. The van der Waals surface area contributed by atoms with Crippen LogP contribution in [0.4, 0.5) is 0 Å². The molecule has 0 bridgehead atoms. The maximum Gasteiger partial charge on any atom is 0.338 e. The molecule has 0 N–H and O–H groups in total. The number of esters is 1. The molecule has 7 nitrogen and oxygen atoms in total. The number of hydrogen-bond acceptors (Lipinski definition) is 7. The van der Waals surface area contributed by atoms with E-state index in [4.69, 9.17) is 23.7 Å². The topological polar surface area (TPSA) is 80.3 Å². The molecule has 0 radical (unpaired) electrons. The summed E-state index contributed by atoms with van der Waals surface area (Å²) in [5.41, 5.74) is 1.51. The molecule has 7 heteroatoms. The fraction of sp³-hybridized carbons (Fsp3) is 0.200. The zero-order valence-electron chi connectivity index (χ0n) is 18.1. The van der Waals surface area contributed by atoms with Crippen LogP contribution in [0.25, 0.3) is 0 Å². The average Bonchev–Trinajstić information content (AvgIpc) is 2.85. The summed E-state index contributed by atoms with van der Waals surface area (Å²) in [4.78, 5) is 25.1. The van der Waals surface area contributed by atoms with Crippen LogP contribution >= 0.6 is 0 Å². The number of carbonyl (C=O) groups excluding carboxylic acids is 2. The lowest BCUT2D eigenvalue weighted by Crippen LogP contribution is -2.15. The Morgan fingerprint density at radius 3 is 2.16 bits per heavy atom. The van der Waals surface area contributed by atoms with Gasteiger partial charge in [0.05, 0.1) is 32.5 Å². The van der Waals surface area contributed by atoms with Crippen LogP contribution in [0.2, 0.25) is 0 Å². The van der Waals surface area contributed by atoms with E-state index in [9.17, 15) is 9.59 Å². The quantitative estimate of drug-likeness (QED) is 0.346. The van der Waals surface area contributed by atoms with Crippen molar-refractivity contribution in [2.24, 2.45) is 0 Å². The zero-order valence-corrected chi connectivity index (χ0v) is 18.1. The standard InChI is InChI=1S/C25H24O7/c1-28-19-10-12-22(29-2)20(14-19)21(26)16-32-25(27)18-9-11-23(24(13-18)30-3)31-15-17-7-5-4-6-8-17/h4-14H,15-16H2,1-3H3. The highest BCUT2D eigenvalue weighted by Gasteiger charge is 2.18. The van der Waals surface area contributed by atoms with Crippen LogP contribution < -0.4 is 18.9 Å². The summed E-state index contributed by atoms with van der Waals surface area (Å²) in [6.07, 6.45) is 0. The maximum atomic E-state index is 12.6. The highest BCUT2D eigenvalue weighted by Crippen LogP contribution is 2.29. The first-order chi connectivity index (χ1) is 15.5. The van der Waals surface area contributed by atoms with E-state index in [1.165, 1.54) is 33.5 Å². The first-order valence-corrected chi connectivity index (χ1v) is 9.82.